The van der Waals surface area contributed by atoms with Crippen molar-refractivity contribution < 1.29 is 14.0 Å². The molecule has 1 unspecified atom stereocenters. The number of rotatable bonds is 4. The highest BCUT2D eigenvalue weighted by molar-refractivity contribution is 8.00. The van der Waals surface area contributed by atoms with E-state index in [4.69, 9.17) is 11.6 Å². The number of carbonyl (C=O) groups is 2. The lowest BCUT2D eigenvalue weighted by atomic mass is 10.2. The fourth-order valence-electron chi connectivity index (χ4n) is 2.53. The van der Waals surface area contributed by atoms with Crippen LogP contribution in [-0.2, 0) is 4.79 Å². The number of nitrogens with zero attached hydrogens (tertiary/aromatic N) is 2. The molecule has 2 aromatic carbocycles. The van der Waals surface area contributed by atoms with Crippen molar-refractivity contribution in [3.8, 4) is 5.69 Å². The number of benzene rings is 2. The molecule has 0 saturated heterocycles. The van der Waals surface area contributed by atoms with E-state index >= 15 is 0 Å². The standard InChI is InChI=1S/C19H16ClFN4O3S/c1-10(16(26)24-18(28)22-2)29-19-23-15-6-4-3-5-12(15)17(27)25(19)11-7-8-14(21)13(20)9-11/h3-10H,1-2H3,(H2,22,24,26,28). The maximum Gasteiger partial charge on any atom is 0.321 e. The van der Waals surface area contributed by atoms with Gasteiger partial charge in [-0.1, -0.05) is 35.5 Å². The summed E-state index contributed by atoms with van der Waals surface area (Å²) in [6, 6.07) is 9.98. The second-order valence-electron chi connectivity index (χ2n) is 5.98. The molecule has 3 amide bonds. The number of carbonyl (C=O) groups excluding carboxylic acids is 2. The first-order valence-electron chi connectivity index (χ1n) is 8.48. The number of hydrogen-bond acceptors (Lipinski definition) is 5. The topological polar surface area (TPSA) is 93.1 Å². The zero-order valence-electron chi connectivity index (χ0n) is 15.4. The smallest absolute Gasteiger partial charge is 0.321 e. The van der Waals surface area contributed by atoms with E-state index in [1.54, 1.807) is 31.2 Å². The van der Waals surface area contributed by atoms with Crippen LogP contribution >= 0.6 is 23.4 Å². The maximum atomic E-state index is 13.6. The zero-order chi connectivity index (χ0) is 21.1. The SMILES string of the molecule is CNC(=O)NC(=O)C(C)Sc1nc2ccccc2c(=O)n1-c1ccc(F)c(Cl)c1. The van der Waals surface area contributed by atoms with Gasteiger partial charge in [0.15, 0.2) is 5.16 Å². The molecular weight excluding hydrogens is 419 g/mol. The van der Waals surface area contributed by atoms with Gasteiger partial charge in [0.1, 0.15) is 5.82 Å². The van der Waals surface area contributed by atoms with Crippen LogP contribution in [0.2, 0.25) is 5.02 Å². The average molecular weight is 435 g/mol. The summed E-state index contributed by atoms with van der Waals surface area (Å²) in [5.41, 5.74) is 0.365. The monoisotopic (exact) mass is 434 g/mol. The quantitative estimate of drug-likeness (QED) is 0.486. The van der Waals surface area contributed by atoms with E-state index < -0.39 is 23.0 Å². The first-order chi connectivity index (χ1) is 13.8. The van der Waals surface area contributed by atoms with E-state index in [1.807, 2.05) is 0 Å². The second kappa shape index (κ2) is 8.62. The second-order valence-corrected chi connectivity index (χ2v) is 7.69. The van der Waals surface area contributed by atoms with Crippen LogP contribution in [0.5, 0.6) is 0 Å². The van der Waals surface area contributed by atoms with Gasteiger partial charge in [0, 0.05) is 7.05 Å². The van der Waals surface area contributed by atoms with Crippen LogP contribution in [0.1, 0.15) is 6.92 Å². The Bertz CT molecular complexity index is 1170. The molecule has 0 aliphatic heterocycles. The average Bonchev–Trinajstić information content (AvgIpc) is 2.70. The van der Waals surface area contributed by atoms with Crippen LogP contribution in [-0.4, -0.2) is 33.8 Å². The van der Waals surface area contributed by atoms with Gasteiger partial charge < -0.3 is 5.32 Å². The van der Waals surface area contributed by atoms with Crippen LogP contribution in [0, 0.1) is 5.82 Å². The Morgan fingerprint density at radius 3 is 2.66 bits per heavy atom. The molecule has 2 N–H and O–H groups in total. The van der Waals surface area contributed by atoms with Gasteiger partial charge in [-0.3, -0.25) is 19.5 Å². The zero-order valence-corrected chi connectivity index (χ0v) is 17.0. The molecule has 1 aromatic heterocycles. The molecule has 29 heavy (non-hydrogen) atoms. The summed E-state index contributed by atoms with van der Waals surface area (Å²) >= 11 is 6.88. The predicted molar refractivity (Wildman–Crippen MR) is 110 cm³/mol. The number of nitrogens with one attached hydrogen (secondary N) is 2. The lowest BCUT2D eigenvalue weighted by molar-refractivity contribution is -0.119. The van der Waals surface area contributed by atoms with Crippen molar-refractivity contribution in [2.45, 2.75) is 17.3 Å². The summed E-state index contributed by atoms with van der Waals surface area (Å²) in [4.78, 5) is 41.2. The Labute approximate surface area is 174 Å². The third kappa shape index (κ3) is 4.41. The van der Waals surface area contributed by atoms with Gasteiger partial charge in [-0.25, -0.2) is 14.2 Å². The Balaban J connectivity index is 2.12. The molecule has 7 nitrogen and oxygen atoms in total. The van der Waals surface area contributed by atoms with Crippen molar-refractivity contribution in [3.05, 3.63) is 63.7 Å². The van der Waals surface area contributed by atoms with E-state index in [0.29, 0.717) is 16.6 Å². The van der Waals surface area contributed by atoms with Crippen molar-refractivity contribution in [3.63, 3.8) is 0 Å². The molecule has 1 atom stereocenters. The predicted octanol–water partition coefficient (Wildman–Crippen LogP) is 3.11. The van der Waals surface area contributed by atoms with Crippen molar-refractivity contribution in [2.24, 2.45) is 0 Å². The summed E-state index contributed by atoms with van der Waals surface area (Å²) in [5, 5.41) is 4.15. The number of hydrogen-bond donors (Lipinski definition) is 2. The van der Waals surface area contributed by atoms with Crippen LogP contribution < -0.4 is 16.2 Å². The van der Waals surface area contributed by atoms with E-state index in [1.165, 1.54) is 23.7 Å². The minimum absolute atomic E-state index is 0.149. The van der Waals surface area contributed by atoms with Crippen LogP contribution in [0.25, 0.3) is 16.6 Å². The molecule has 0 spiro atoms. The van der Waals surface area contributed by atoms with Crippen LogP contribution in [0.3, 0.4) is 0 Å². The van der Waals surface area contributed by atoms with Crippen LogP contribution in [0.4, 0.5) is 9.18 Å². The van der Waals surface area contributed by atoms with Crippen molar-refractivity contribution >= 4 is 46.2 Å². The molecule has 0 bridgehead atoms. The molecular formula is C19H16ClFN4O3S. The fraction of sp³-hybridized carbons (Fsp3) is 0.158. The molecule has 0 aliphatic rings. The molecule has 0 fully saturated rings. The van der Waals surface area contributed by atoms with Crippen molar-refractivity contribution in [1.29, 1.82) is 0 Å². The van der Waals surface area contributed by atoms with Gasteiger partial charge in [0.05, 0.1) is 26.9 Å². The molecule has 1 heterocycles. The number of thioether (sulfide) groups is 1. The number of halogens is 2. The van der Waals surface area contributed by atoms with Crippen molar-refractivity contribution in [2.75, 3.05) is 7.05 Å². The Morgan fingerprint density at radius 2 is 1.97 bits per heavy atom. The number of fused-ring (bicyclic) bond motifs is 1. The van der Waals surface area contributed by atoms with Crippen molar-refractivity contribution in [1.82, 2.24) is 20.2 Å². The van der Waals surface area contributed by atoms with Gasteiger partial charge in [0.2, 0.25) is 5.91 Å². The Morgan fingerprint density at radius 1 is 1.24 bits per heavy atom. The summed E-state index contributed by atoms with van der Waals surface area (Å²) in [5.74, 6) is -1.18. The summed E-state index contributed by atoms with van der Waals surface area (Å²) in [6.07, 6.45) is 0. The van der Waals surface area contributed by atoms with Gasteiger partial charge in [-0.05, 0) is 37.3 Å². The highest BCUT2D eigenvalue weighted by atomic mass is 35.5. The third-order valence-electron chi connectivity index (χ3n) is 4.02. The van der Waals surface area contributed by atoms with Gasteiger partial charge in [0.25, 0.3) is 5.56 Å². The molecule has 0 saturated carbocycles. The minimum atomic E-state index is -0.748. The molecule has 10 heteroatoms. The molecule has 3 aromatic rings. The molecule has 150 valence electrons. The van der Waals surface area contributed by atoms with E-state index in [2.05, 4.69) is 15.6 Å². The largest absolute Gasteiger partial charge is 0.341 e. The maximum absolute atomic E-state index is 13.6. The van der Waals surface area contributed by atoms with Gasteiger partial charge >= 0.3 is 6.03 Å². The lowest BCUT2D eigenvalue weighted by Gasteiger charge is -2.16. The first kappa shape index (κ1) is 20.8. The highest BCUT2D eigenvalue weighted by Gasteiger charge is 2.21. The number of aromatic nitrogens is 2. The summed E-state index contributed by atoms with van der Waals surface area (Å²) in [7, 11) is 1.39. The Kier molecular flexibility index (Phi) is 6.19. The fourth-order valence-corrected chi connectivity index (χ4v) is 3.63. The first-order valence-corrected chi connectivity index (χ1v) is 9.74. The van der Waals surface area contributed by atoms with E-state index in [9.17, 15) is 18.8 Å². The molecule has 0 aliphatic carbocycles. The summed E-state index contributed by atoms with van der Waals surface area (Å²) < 4.78 is 14.9. The summed E-state index contributed by atoms with van der Waals surface area (Å²) in [6.45, 7) is 1.58. The highest BCUT2D eigenvalue weighted by Crippen LogP contribution is 2.27. The van der Waals surface area contributed by atoms with Gasteiger partial charge in [-0.15, -0.1) is 0 Å². The van der Waals surface area contributed by atoms with E-state index in [0.717, 1.165) is 17.8 Å². The third-order valence-corrected chi connectivity index (χ3v) is 5.36. The molecule has 0 radical (unpaired) electrons. The normalized spacial score (nSPS) is 11.9. The Hall–Kier alpha value is -2.91. The van der Waals surface area contributed by atoms with E-state index in [-0.39, 0.29) is 15.7 Å². The van der Waals surface area contributed by atoms with Gasteiger partial charge in [-0.2, -0.15) is 0 Å². The molecule has 3 rings (SSSR count). The number of urea groups is 1. The number of imide groups is 1. The number of amides is 3. The minimum Gasteiger partial charge on any atom is -0.341 e. The lowest BCUT2D eigenvalue weighted by Crippen LogP contribution is -2.41. The van der Waals surface area contributed by atoms with Crippen LogP contribution in [0.15, 0.2) is 52.4 Å². The number of para-hydroxylation sites is 1.